The molecule has 0 radical (unpaired) electrons. The molecule has 4 aromatic rings. The predicted octanol–water partition coefficient (Wildman–Crippen LogP) is 7.74. The molecule has 2 aromatic carbocycles. The molecule has 1 aliphatic heterocycles. The monoisotopic (exact) mass is 576 g/mol. The summed E-state index contributed by atoms with van der Waals surface area (Å²) in [6.07, 6.45) is -0.245. The van der Waals surface area contributed by atoms with Crippen molar-refractivity contribution >= 4 is 68.2 Å². The van der Waals surface area contributed by atoms with Crippen LogP contribution in [-0.4, -0.2) is 58.0 Å². The van der Waals surface area contributed by atoms with Gasteiger partial charge < -0.3 is 25.2 Å². The van der Waals surface area contributed by atoms with Crippen molar-refractivity contribution in [2.24, 2.45) is 0 Å². The highest BCUT2D eigenvalue weighted by atomic mass is 32.2. The SMILES string of the molecule is CC(C)Sc1ccccc1Nc1nc(Nc2ccc(N3CCN(C(=O)OC(C)(C)C)CC3)cc2)nc2ccsc12. The first-order valence-electron chi connectivity index (χ1n) is 13.5. The van der Waals surface area contributed by atoms with E-state index in [1.165, 1.54) is 4.90 Å². The normalized spacial score (nSPS) is 14.1. The molecular weight excluding hydrogens is 541 g/mol. The maximum atomic E-state index is 12.4. The standard InChI is InChI=1S/C30H36N6O2S2/c1-20(2)40-25-9-7-6-8-23(25)32-27-26-24(14-19-39-26)33-28(34-27)31-21-10-12-22(13-11-21)35-15-17-36(18-16-35)29(37)38-30(3,4)5/h6-14,19-20H,15-18H2,1-5H3,(H2,31,32,33,34). The molecule has 0 spiro atoms. The number of benzene rings is 2. The quantitative estimate of drug-likeness (QED) is 0.216. The number of hydrogen-bond acceptors (Lipinski definition) is 9. The number of ether oxygens (including phenoxy) is 1. The smallest absolute Gasteiger partial charge is 0.410 e. The number of para-hydroxylation sites is 1. The Bertz CT molecular complexity index is 1460. The first-order chi connectivity index (χ1) is 19.1. The van der Waals surface area contributed by atoms with Crippen molar-refractivity contribution in [2.45, 2.75) is 50.4 Å². The number of nitrogens with one attached hydrogen (secondary N) is 2. The second-order valence-corrected chi connectivity index (χ2v) is 13.5. The molecule has 1 amide bonds. The van der Waals surface area contributed by atoms with Gasteiger partial charge in [0, 0.05) is 47.7 Å². The molecule has 5 rings (SSSR count). The van der Waals surface area contributed by atoms with Crippen LogP contribution in [0.1, 0.15) is 34.6 Å². The number of thiophene rings is 1. The Kier molecular flexibility index (Phi) is 8.37. The number of piperazine rings is 1. The van der Waals surface area contributed by atoms with Crippen molar-refractivity contribution in [3.63, 3.8) is 0 Å². The van der Waals surface area contributed by atoms with Crippen LogP contribution < -0.4 is 15.5 Å². The molecule has 0 bridgehead atoms. The molecule has 0 aliphatic carbocycles. The molecule has 40 heavy (non-hydrogen) atoms. The highest BCUT2D eigenvalue weighted by Crippen LogP contribution is 2.35. The molecule has 0 saturated carbocycles. The van der Waals surface area contributed by atoms with E-state index in [-0.39, 0.29) is 6.09 Å². The van der Waals surface area contributed by atoms with Crippen LogP contribution in [0.4, 0.5) is 33.6 Å². The Balaban J connectivity index is 1.27. The summed E-state index contributed by atoms with van der Waals surface area (Å²) >= 11 is 3.46. The summed E-state index contributed by atoms with van der Waals surface area (Å²) in [7, 11) is 0. The van der Waals surface area contributed by atoms with E-state index in [9.17, 15) is 4.79 Å². The Morgan fingerprint density at radius 1 is 0.975 bits per heavy atom. The average Bonchev–Trinajstić information content (AvgIpc) is 3.38. The van der Waals surface area contributed by atoms with E-state index in [0.29, 0.717) is 24.3 Å². The van der Waals surface area contributed by atoms with Gasteiger partial charge in [0.1, 0.15) is 5.60 Å². The third-order valence-electron chi connectivity index (χ3n) is 6.23. The van der Waals surface area contributed by atoms with E-state index < -0.39 is 5.60 Å². The second-order valence-electron chi connectivity index (χ2n) is 10.9. The lowest BCUT2D eigenvalue weighted by Gasteiger charge is -2.36. The molecule has 210 valence electrons. The van der Waals surface area contributed by atoms with E-state index in [4.69, 9.17) is 14.7 Å². The largest absolute Gasteiger partial charge is 0.444 e. The summed E-state index contributed by atoms with van der Waals surface area (Å²) in [6, 6.07) is 18.6. The molecule has 1 saturated heterocycles. The average molecular weight is 577 g/mol. The number of carbonyl (C=O) groups is 1. The van der Waals surface area contributed by atoms with Crippen LogP contribution in [0.2, 0.25) is 0 Å². The molecule has 3 heterocycles. The number of thioether (sulfide) groups is 1. The minimum absolute atomic E-state index is 0.245. The fraction of sp³-hybridized carbons (Fsp3) is 0.367. The van der Waals surface area contributed by atoms with Gasteiger partial charge in [0.05, 0.1) is 15.9 Å². The molecule has 0 atom stereocenters. The van der Waals surface area contributed by atoms with Gasteiger partial charge in [-0.25, -0.2) is 9.78 Å². The molecule has 8 nitrogen and oxygen atoms in total. The van der Waals surface area contributed by atoms with Gasteiger partial charge in [-0.1, -0.05) is 26.0 Å². The lowest BCUT2D eigenvalue weighted by molar-refractivity contribution is 0.0240. The van der Waals surface area contributed by atoms with Crippen LogP contribution in [0.5, 0.6) is 0 Å². The zero-order chi connectivity index (χ0) is 28.3. The first kappa shape index (κ1) is 28.0. The van der Waals surface area contributed by atoms with Crippen molar-refractivity contribution in [3.05, 3.63) is 60.0 Å². The number of rotatable bonds is 7. The number of aromatic nitrogens is 2. The zero-order valence-electron chi connectivity index (χ0n) is 23.6. The maximum absolute atomic E-state index is 12.4. The minimum Gasteiger partial charge on any atom is -0.444 e. The summed E-state index contributed by atoms with van der Waals surface area (Å²) in [5.74, 6) is 1.33. The Morgan fingerprint density at radius 3 is 2.40 bits per heavy atom. The number of hydrogen-bond donors (Lipinski definition) is 2. The Hall–Kier alpha value is -3.50. The number of anilines is 5. The molecular formula is C30H36N6O2S2. The summed E-state index contributed by atoms with van der Waals surface area (Å²) in [6.45, 7) is 12.9. The van der Waals surface area contributed by atoms with Crippen molar-refractivity contribution < 1.29 is 9.53 Å². The third kappa shape index (κ3) is 6.98. The van der Waals surface area contributed by atoms with Gasteiger partial charge >= 0.3 is 6.09 Å². The van der Waals surface area contributed by atoms with Gasteiger partial charge in [-0.2, -0.15) is 4.98 Å². The summed E-state index contributed by atoms with van der Waals surface area (Å²) < 4.78 is 6.54. The number of fused-ring (bicyclic) bond motifs is 1. The highest BCUT2D eigenvalue weighted by Gasteiger charge is 2.26. The molecule has 1 fully saturated rings. The Morgan fingerprint density at radius 2 is 1.70 bits per heavy atom. The van der Waals surface area contributed by atoms with Crippen LogP contribution in [0, 0.1) is 0 Å². The van der Waals surface area contributed by atoms with Gasteiger partial charge in [0.15, 0.2) is 5.82 Å². The molecule has 2 N–H and O–H groups in total. The van der Waals surface area contributed by atoms with Gasteiger partial charge in [0.25, 0.3) is 0 Å². The summed E-state index contributed by atoms with van der Waals surface area (Å²) in [5.41, 5.74) is 3.48. The highest BCUT2D eigenvalue weighted by molar-refractivity contribution is 8.00. The lowest BCUT2D eigenvalue weighted by Crippen LogP contribution is -2.50. The van der Waals surface area contributed by atoms with Gasteiger partial charge in [-0.05, 0) is 68.6 Å². The van der Waals surface area contributed by atoms with E-state index in [0.717, 1.165) is 46.2 Å². The van der Waals surface area contributed by atoms with Gasteiger partial charge in [-0.3, -0.25) is 0 Å². The van der Waals surface area contributed by atoms with Crippen molar-refractivity contribution in [3.8, 4) is 0 Å². The topological polar surface area (TPSA) is 82.6 Å². The molecule has 2 aromatic heterocycles. The fourth-order valence-electron chi connectivity index (χ4n) is 4.42. The fourth-order valence-corrected chi connectivity index (χ4v) is 6.10. The Labute approximate surface area is 244 Å². The summed E-state index contributed by atoms with van der Waals surface area (Å²) in [4.78, 5) is 27.2. The third-order valence-corrected chi connectivity index (χ3v) is 8.22. The van der Waals surface area contributed by atoms with Crippen LogP contribution in [-0.2, 0) is 4.74 Å². The van der Waals surface area contributed by atoms with Crippen LogP contribution in [0.15, 0.2) is 64.9 Å². The minimum atomic E-state index is -0.483. The van der Waals surface area contributed by atoms with Crippen molar-refractivity contribution in [1.82, 2.24) is 14.9 Å². The molecule has 1 aliphatic rings. The van der Waals surface area contributed by atoms with Crippen LogP contribution in [0.25, 0.3) is 10.2 Å². The second kappa shape index (κ2) is 11.9. The lowest BCUT2D eigenvalue weighted by atomic mass is 10.2. The number of amides is 1. The van der Waals surface area contributed by atoms with Crippen LogP contribution in [0.3, 0.4) is 0 Å². The summed E-state index contributed by atoms with van der Waals surface area (Å²) in [5, 5.41) is 9.46. The van der Waals surface area contributed by atoms with E-state index in [1.54, 1.807) is 16.2 Å². The van der Waals surface area contributed by atoms with Crippen molar-refractivity contribution in [1.29, 1.82) is 0 Å². The van der Waals surface area contributed by atoms with Gasteiger partial charge in [0.2, 0.25) is 5.95 Å². The van der Waals surface area contributed by atoms with Crippen molar-refractivity contribution in [2.75, 3.05) is 41.7 Å². The van der Waals surface area contributed by atoms with E-state index in [2.05, 4.69) is 59.7 Å². The first-order valence-corrected chi connectivity index (χ1v) is 15.3. The van der Waals surface area contributed by atoms with Gasteiger partial charge in [-0.15, -0.1) is 23.1 Å². The van der Waals surface area contributed by atoms with E-state index in [1.807, 2.05) is 62.2 Å². The van der Waals surface area contributed by atoms with E-state index >= 15 is 0 Å². The number of carbonyl (C=O) groups excluding carboxylic acids is 1. The number of nitrogens with zero attached hydrogens (tertiary/aromatic N) is 4. The molecule has 10 heteroatoms. The maximum Gasteiger partial charge on any atom is 0.410 e. The van der Waals surface area contributed by atoms with Crippen LogP contribution >= 0.6 is 23.1 Å². The molecule has 0 unspecified atom stereocenters. The predicted molar refractivity (Wildman–Crippen MR) is 168 cm³/mol. The zero-order valence-corrected chi connectivity index (χ0v) is 25.2.